The fraction of sp³-hybridized carbons (Fsp3) is 0.280. The summed E-state index contributed by atoms with van der Waals surface area (Å²) in [7, 11) is 0. The summed E-state index contributed by atoms with van der Waals surface area (Å²) < 4.78 is 24.5. The molecule has 1 aliphatic heterocycles. The first kappa shape index (κ1) is 20.5. The molecule has 7 heteroatoms. The first-order valence-electron chi connectivity index (χ1n) is 10.9. The van der Waals surface area contributed by atoms with Crippen LogP contribution in [0.5, 0.6) is 5.75 Å². The van der Waals surface area contributed by atoms with E-state index in [9.17, 15) is 4.39 Å². The smallest absolute Gasteiger partial charge is 0.170 e. The molecule has 0 atom stereocenters. The molecule has 3 heterocycles. The highest BCUT2D eigenvalue weighted by molar-refractivity contribution is 5.91. The molecule has 2 aromatic carbocycles. The molecule has 1 aliphatic rings. The maximum absolute atomic E-state index is 13.3. The zero-order chi connectivity index (χ0) is 21.8. The molecule has 0 N–H and O–H groups in total. The lowest BCUT2D eigenvalue weighted by atomic mass is 10.1. The average molecular weight is 432 g/mol. The van der Waals surface area contributed by atoms with Gasteiger partial charge in [-0.25, -0.2) is 9.37 Å². The quantitative estimate of drug-likeness (QED) is 0.397. The number of hydrogen-bond donors (Lipinski definition) is 0. The van der Waals surface area contributed by atoms with Crippen LogP contribution < -0.4 is 9.64 Å². The summed E-state index contributed by atoms with van der Waals surface area (Å²) in [5.41, 5.74) is 2.06. The predicted octanol–water partition coefficient (Wildman–Crippen LogP) is 4.62. The number of rotatable bonds is 7. The Bertz CT molecular complexity index is 1160. The maximum Gasteiger partial charge on any atom is 0.170 e. The van der Waals surface area contributed by atoms with E-state index < -0.39 is 0 Å². The minimum atomic E-state index is -0.334. The molecule has 0 spiro atoms. The van der Waals surface area contributed by atoms with Crippen LogP contribution in [-0.4, -0.2) is 54.4 Å². The maximum atomic E-state index is 13.3. The Morgan fingerprint density at radius 3 is 2.59 bits per heavy atom. The lowest BCUT2D eigenvalue weighted by molar-refractivity contribution is 0.224. The van der Waals surface area contributed by atoms with Crippen molar-refractivity contribution >= 4 is 16.8 Å². The van der Waals surface area contributed by atoms with E-state index in [0.29, 0.717) is 17.9 Å². The van der Waals surface area contributed by atoms with Crippen molar-refractivity contribution in [1.29, 1.82) is 0 Å². The van der Waals surface area contributed by atoms with Gasteiger partial charge in [-0.1, -0.05) is 11.2 Å². The predicted molar refractivity (Wildman–Crippen MR) is 122 cm³/mol. The normalized spacial score (nSPS) is 14.7. The highest BCUT2D eigenvalue weighted by atomic mass is 19.1. The van der Waals surface area contributed by atoms with Crippen molar-refractivity contribution in [3.05, 3.63) is 72.7 Å². The Labute approximate surface area is 186 Å². The lowest BCUT2D eigenvalue weighted by Gasteiger charge is -2.35. The van der Waals surface area contributed by atoms with Crippen LogP contribution >= 0.6 is 0 Å². The van der Waals surface area contributed by atoms with Crippen molar-refractivity contribution < 1.29 is 13.7 Å². The Morgan fingerprint density at radius 2 is 1.81 bits per heavy atom. The summed E-state index contributed by atoms with van der Waals surface area (Å²) in [6.45, 7) is 5.79. The van der Waals surface area contributed by atoms with Crippen LogP contribution in [0.15, 0.2) is 71.4 Å². The third-order valence-electron chi connectivity index (χ3n) is 5.79. The topological polar surface area (TPSA) is 54.6 Å². The minimum Gasteiger partial charge on any atom is -0.494 e. The fourth-order valence-electron chi connectivity index (χ4n) is 4.05. The third kappa shape index (κ3) is 4.57. The molecule has 0 unspecified atom stereocenters. The molecular weight excluding hydrogens is 407 g/mol. The molecule has 4 aromatic rings. The molecular formula is C25H25FN4O2. The Hall–Kier alpha value is -3.45. The van der Waals surface area contributed by atoms with Crippen molar-refractivity contribution in [2.75, 3.05) is 44.2 Å². The van der Waals surface area contributed by atoms with Crippen LogP contribution in [0.1, 0.15) is 6.42 Å². The van der Waals surface area contributed by atoms with Gasteiger partial charge in [0.25, 0.3) is 0 Å². The van der Waals surface area contributed by atoms with Crippen LogP contribution in [-0.2, 0) is 0 Å². The number of halogens is 1. The zero-order valence-corrected chi connectivity index (χ0v) is 17.8. The van der Waals surface area contributed by atoms with Gasteiger partial charge >= 0.3 is 0 Å². The highest BCUT2D eigenvalue weighted by Gasteiger charge is 2.17. The first-order valence-corrected chi connectivity index (χ1v) is 10.9. The molecule has 0 bridgehead atoms. The summed E-state index contributed by atoms with van der Waals surface area (Å²) in [5, 5.41) is 4.89. The van der Waals surface area contributed by atoms with Gasteiger partial charge in [0.15, 0.2) is 5.58 Å². The number of piperazine rings is 1. The summed E-state index contributed by atoms with van der Waals surface area (Å²) in [6.07, 6.45) is 2.82. The van der Waals surface area contributed by atoms with Crippen molar-refractivity contribution in [1.82, 2.24) is 15.0 Å². The fourth-order valence-corrected chi connectivity index (χ4v) is 4.05. The SMILES string of the molecule is Fc1ccc2c(-c3ccc(OCCCN4CCN(c5ccccn5)CC4)cc3)noc2c1. The molecule has 164 valence electrons. The Kier molecular flexibility index (Phi) is 5.98. The summed E-state index contributed by atoms with van der Waals surface area (Å²) in [4.78, 5) is 9.25. The molecule has 32 heavy (non-hydrogen) atoms. The van der Waals surface area contributed by atoms with E-state index in [1.54, 1.807) is 6.07 Å². The van der Waals surface area contributed by atoms with Crippen LogP contribution in [0, 0.1) is 5.82 Å². The third-order valence-corrected chi connectivity index (χ3v) is 5.79. The van der Waals surface area contributed by atoms with E-state index in [1.807, 2.05) is 42.6 Å². The second kappa shape index (κ2) is 9.36. The van der Waals surface area contributed by atoms with Gasteiger partial charge < -0.3 is 14.2 Å². The average Bonchev–Trinajstić information content (AvgIpc) is 3.26. The number of anilines is 1. The Balaban J connectivity index is 1.08. The molecule has 1 fully saturated rings. The van der Waals surface area contributed by atoms with Gasteiger partial charge in [0.1, 0.15) is 23.1 Å². The molecule has 0 radical (unpaired) electrons. The standard InChI is InChI=1S/C25H25FN4O2/c26-20-7-10-22-23(18-20)32-28-25(22)19-5-8-21(9-6-19)31-17-3-12-29-13-15-30(16-14-29)24-4-1-2-11-27-24/h1-2,4-11,18H,3,12-17H2. The summed E-state index contributed by atoms with van der Waals surface area (Å²) >= 11 is 0. The Morgan fingerprint density at radius 1 is 0.969 bits per heavy atom. The number of ether oxygens (including phenoxy) is 1. The number of benzene rings is 2. The van der Waals surface area contributed by atoms with Gasteiger partial charge in [-0.05, 0) is 55.0 Å². The van der Waals surface area contributed by atoms with E-state index in [2.05, 4.69) is 26.0 Å². The van der Waals surface area contributed by atoms with Gasteiger partial charge in [0.2, 0.25) is 0 Å². The highest BCUT2D eigenvalue weighted by Crippen LogP contribution is 2.29. The van der Waals surface area contributed by atoms with Gasteiger partial charge in [0.05, 0.1) is 6.61 Å². The lowest BCUT2D eigenvalue weighted by Crippen LogP contribution is -2.47. The molecule has 2 aromatic heterocycles. The van der Waals surface area contributed by atoms with Gasteiger partial charge in [-0.2, -0.15) is 0 Å². The number of nitrogens with zero attached hydrogens (tertiary/aromatic N) is 4. The van der Waals surface area contributed by atoms with E-state index in [0.717, 1.165) is 61.7 Å². The van der Waals surface area contributed by atoms with Gasteiger partial charge in [-0.15, -0.1) is 0 Å². The molecule has 0 aliphatic carbocycles. The largest absolute Gasteiger partial charge is 0.494 e. The molecule has 0 saturated carbocycles. The van der Waals surface area contributed by atoms with E-state index >= 15 is 0 Å². The second-order valence-corrected chi connectivity index (χ2v) is 7.91. The zero-order valence-electron chi connectivity index (χ0n) is 17.8. The molecule has 0 amide bonds. The van der Waals surface area contributed by atoms with Crippen molar-refractivity contribution in [3.8, 4) is 17.0 Å². The molecule has 5 rings (SSSR count). The van der Waals surface area contributed by atoms with E-state index in [4.69, 9.17) is 9.26 Å². The van der Waals surface area contributed by atoms with Crippen LogP contribution in [0.2, 0.25) is 0 Å². The first-order chi connectivity index (χ1) is 15.8. The van der Waals surface area contributed by atoms with E-state index in [1.165, 1.54) is 12.1 Å². The molecule has 6 nitrogen and oxygen atoms in total. The van der Waals surface area contributed by atoms with Gasteiger partial charge in [-0.3, -0.25) is 4.90 Å². The minimum absolute atomic E-state index is 0.334. The van der Waals surface area contributed by atoms with Crippen LogP contribution in [0.4, 0.5) is 10.2 Å². The van der Waals surface area contributed by atoms with Crippen molar-refractivity contribution in [3.63, 3.8) is 0 Å². The monoisotopic (exact) mass is 432 g/mol. The summed E-state index contributed by atoms with van der Waals surface area (Å²) in [5.74, 6) is 1.55. The van der Waals surface area contributed by atoms with E-state index in [-0.39, 0.29) is 5.82 Å². The van der Waals surface area contributed by atoms with Crippen LogP contribution in [0.3, 0.4) is 0 Å². The van der Waals surface area contributed by atoms with Crippen LogP contribution in [0.25, 0.3) is 22.2 Å². The number of pyridine rings is 1. The van der Waals surface area contributed by atoms with Gasteiger partial charge in [0, 0.05) is 55.9 Å². The number of hydrogen-bond acceptors (Lipinski definition) is 6. The number of aromatic nitrogens is 2. The molecule has 1 saturated heterocycles. The van der Waals surface area contributed by atoms with Crippen molar-refractivity contribution in [2.24, 2.45) is 0 Å². The summed E-state index contributed by atoms with van der Waals surface area (Å²) in [6, 6.07) is 18.3. The van der Waals surface area contributed by atoms with Crippen molar-refractivity contribution in [2.45, 2.75) is 6.42 Å². The number of fused-ring (bicyclic) bond motifs is 1. The second-order valence-electron chi connectivity index (χ2n) is 7.91.